The Bertz CT molecular complexity index is 966. The summed E-state index contributed by atoms with van der Waals surface area (Å²) in [6, 6.07) is 4.39. The maximum Gasteiger partial charge on any atom is 0.338 e. The number of rotatable bonds is 12. The number of piperidine rings is 1. The smallest absolute Gasteiger partial charge is 0.338 e. The van der Waals surface area contributed by atoms with Crippen molar-refractivity contribution in [2.24, 2.45) is 5.92 Å². The van der Waals surface area contributed by atoms with Gasteiger partial charge in [-0.2, -0.15) is 0 Å². The van der Waals surface area contributed by atoms with Gasteiger partial charge in [0.2, 0.25) is 10.0 Å². The number of sulfonamides is 1. The van der Waals surface area contributed by atoms with Crippen LogP contribution in [0.5, 0.6) is 5.75 Å². The molecule has 0 amide bonds. The molecule has 8 nitrogen and oxygen atoms in total. The Kier molecular flexibility index (Phi) is 9.97. The molecule has 1 aliphatic rings. The van der Waals surface area contributed by atoms with Crippen LogP contribution in [0.4, 0.5) is 0 Å². The van der Waals surface area contributed by atoms with Gasteiger partial charge in [-0.25, -0.2) is 25.9 Å². The fourth-order valence-electron chi connectivity index (χ4n) is 3.45. The van der Waals surface area contributed by atoms with Crippen molar-refractivity contribution in [3.8, 4) is 5.75 Å². The molecule has 0 N–H and O–H groups in total. The minimum absolute atomic E-state index is 0.00413. The second kappa shape index (κ2) is 12.0. The Labute approximate surface area is 192 Å². The molecule has 0 radical (unpaired) electrons. The molecule has 1 aliphatic heterocycles. The van der Waals surface area contributed by atoms with Crippen LogP contribution in [0.1, 0.15) is 62.7 Å². The zero-order chi connectivity index (χ0) is 23.8. The van der Waals surface area contributed by atoms with Crippen LogP contribution in [0.15, 0.2) is 23.1 Å². The summed E-state index contributed by atoms with van der Waals surface area (Å²) >= 11 is 0. The average molecular weight is 490 g/mol. The molecule has 10 heteroatoms. The number of unbranched alkanes of at least 4 members (excludes halogenated alkanes) is 2. The standard InChI is InChI=1S/C22H35NO7S2/c1-4-6-14-29-22(24)19-8-9-20(21(16-19)32(27,28)15-7-5-2)30-17-18-10-12-23(13-11-18)31(3,25)26/h8-9,16,18H,4-7,10-15,17H2,1-3H3. The molecule has 32 heavy (non-hydrogen) atoms. The molecule has 0 unspecified atom stereocenters. The summed E-state index contributed by atoms with van der Waals surface area (Å²) in [4.78, 5) is 12.3. The Balaban J connectivity index is 2.15. The third-order valence-corrected chi connectivity index (χ3v) is 8.65. The molecular weight excluding hydrogens is 454 g/mol. The van der Waals surface area contributed by atoms with E-state index in [4.69, 9.17) is 9.47 Å². The number of carbonyl (C=O) groups is 1. The lowest BCUT2D eigenvalue weighted by molar-refractivity contribution is 0.0499. The van der Waals surface area contributed by atoms with Gasteiger partial charge in [0.25, 0.3) is 0 Å². The van der Waals surface area contributed by atoms with E-state index in [9.17, 15) is 21.6 Å². The third-order valence-electron chi connectivity index (χ3n) is 5.53. The van der Waals surface area contributed by atoms with Crippen molar-refractivity contribution in [3.05, 3.63) is 23.8 Å². The molecule has 0 aliphatic carbocycles. The highest BCUT2D eigenvalue weighted by Gasteiger charge is 2.27. The predicted octanol–water partition coefficient (Wildman–Crippen LogP) is 3.27. The van der Waals surface area contributed by atoms with Gasteiger partial charge in [-0.1, -0.05) is 26.7 Å². The highest BCUT2D eigenvalue weighted by atomic mass is 32.2. The summed E-state index contributed by atoms with van der Waals surface area (Å²) in [5.74, 6) is -0.235. The van der Waals surface area contributed by atoms with Gasteiger partial charge in [0.05, 0.1) is 30.8 Å². The molecule has 1 saturated heterocycles. The normalized spacial score (nSPS) is 16.1. The number of benzene rings is 1. The van der Waals surface area contributed by atoms with Crippen LogP contribution < -0.4 is 4.74 Å². The van der Waals surface area contributed by atoms with Gasteiger partial charge in [-0.05, 0) is 49.8 Å². The van der Waals surface area contributed by atoms with Crippen LogP contribution in [0.25, 0.3) is 0 Å². The van der Waals surface area contributed by atoms with E-state index < -0.39 is 25.8 Å². The van der Waals surface area contributed by atoms with Gasteiger partial charge in [0.15, 0.2) is 9.84 Å². The Morgan fingerprint density at radius 3 is 2.31 bits per heavy atom. The predicted molar refractivity (Wildman–Crippen MR) is 123 cm³/mol. The summed E-state index contributed by atoms with van der Waals surface area (Å²) in [6.07, 6.45) is 5.36. The minimum atomic E-state index is -3.64. The number of hydrogen-bond donors (Lipinski definition) is 0. The van der Waals surface area contributed by atoms with Crippen LogP contribution in [0, 0.1) is 5.92 Å². The first-order chi connectivity index (χ1) is 15.1. The molecule has 0 spiro atoms. The van der Waals surface area contributed by atoms with E-state index in [1.807, 2.05) is 13.8 Å². The van der Waals surface area contributed by atoms with E-state index in [1.54, 1.807) is 0 Å². The van der Waals surface area contributed by atoms with Gasteiger partial charge in [0.1, 0.15) is 10.6 Å². The Morgan fingerprint density at radius 1 is 1.06 bits per heavy atom. The number of hydrogen-bond acceptors (Lipinski definition) is 7. The summed E-state index contributed by atoms with van der Waals surface area (Å²) in [6.45, 7) is 5.33. The van der Waals surface area contributed by atoms with E-state index in [-0.39, 0.29) is 41.1 Å². The van der Waals surface area contributed by atoms with Gasteiger partial charge in [-0.15, -0.1) is 0 Å². The fraction of sp³-hybridized carbons (Fsp3) is 0.682. The molecule has 2 rings (SSSR count). The highest BCUT2D eigenvalue weighted by molar-refractivity contribution is 7.91. The van der Waals surface area contributed by atoms with Crippen molar-refractivity contribution in [2.45, 2.75) is 57.3 Å². The first-order valence-electron chi connectivity index (χ1n) is 11.2. The molecule has 0 saturated carbocycles. The monoisotopic (exact) mass is 489 g/mol. The van der Waals surface area contributed by atoms with Crippen LogP contribution in [0.2, 0.25) is 0 Å². The Hall–Kier alpha value is -1.65. The number of nitrogens with zero attached hydrogens (tertiary/aromatic N) is 1. The quantitative estimate of drug-likeness (QED) is 0.328. The van der Waals surface area contributed by atoms with Crippen molar-refractivity contribution < 1.29 is 31.1 Å². The molecule has 1 aromatic carbocycles. The zero-order valence-corrected chi connectivity index (χ0v) is 20.8. The molecular formula is C22H35NO7S2. The summed E-state index contributed by atoms with van der Waals surface area (Å²) < 4.78 is 61.8. The minimum Gasteiger partial charge on any atom is -0.492 e. The topological polar surface area (TPSA) is 107 Å². The lowest BCUT2D eigenvalue weighted by atomic mass is 9.99. The molecule has 0 bridgehead atoms. The number of carbonyl (C=O) groups excluding carboxylic acids is 1. The summed E-state index contributed by atoms with van der Waals surface area (Å²) in [5, 5.41) is 0. The van der Waals surface area contributed by atoms with Crippen LogP contribution in [-0.2, 0) is 24.6 Å². The van der Waals surface area contributed by atoms with E-state index in [1.165, 1.54) is 28.8 Å². The Morgan fingerprint density at radius 2 is 1.72 bits per heavy atom. The summed E-state index contributed by atoms with van der Waals surface area (Å²) in [7, 11) is -6.84. The molecule has 0 atom stereocenters. The fourth-order valence-corrected chi connectivity index (χ4v) is 5.95. The SMILES string of the molecule is CCCCOC(=O)c1ccc(OCC2CCN(S(C)(=O)=O)CC2)c(S(=O)(=O)CCCC)c1. The van der Waals surface area contributed by atoms with Gasteiger partial charge < -0.3 is 9.47 Å². The van der Waals surface area contributed by atoms with Gasteiger partial charge in [0, 0.05) is 13.1 Å². The van der Waals surface area contributed by atoms with Crippen molar-refractivity contribution >= 4 is 25.8 Å². The van der Waals surface area contributed by atoms with Crippen molar-refractivity contribution in [1.82, 2.24) is 4.31 Å². The van der Waals surface area contributed by atoms with Gasteiger partial charge >= 0.3 is 5.97 Å². The molecule has 1 heterocycles. The van der Waals surface area contributed by atoms with E-state index >= 15 is 0 Å². The van der Waals surface area contributed by atoms with Crippen molar-refractivity contribution in [2.75, 3.05) is 38.3 Å². The zero-order valence-electron chi connectivity index (χ0n) is 19.2. The molecule has 1 fully saturated rings. The number of esters is 1. The van der Waals surface area contributed by atoms with Gasteiger partial charge in [-0.3, -0.25) is 0 Å². The summed E-state index contributed by atoms with van der Waals surface area (Å²) in [5.41, 5.74) is 0.185. The van der Waals surface area contributed by atoms with Crippen LogP contribution in [0.3, 0.4) is 0 Å². The van der Waals surface area contributed by atoms with E-state index in [0.717, 1.165) is 19.3 Å². The van der Waals surface area contributed by atoms with E-state index in [0.29, 0.717) is 32.4 Å². The highest BCUT2D eigenvalue weighted by Crippen LogP contribution is 2.29. The maximum absolute atomic E-state index is 12.9. The van der Waals surface area contributed by atoms with Crippen molar-refractivity contribution in [1.29, 1.82) is 0 Å². The molecule has 0 aromatic heterocycles. The number of sulfone groups is 1. The molecule has 182 valence electrons. The molecule has 1 aromatic rings. The third kappa shape index (κ3) is 7.74. The largest absolute Gasteiger partial charge is 0.492 e. The lowest BCUT2D eigenvalue weighted by Gasteiger charge is -2.30. The second-order valence-corrected chi connectivity index (χ2v) is 12.3. The second-order valence-electron chi connectivity index (χ2n) is 8.24. The number of ether oxygens (including phenoxy) is 2. The average Bonchev–Trinajstić information content (AvgIpc) is 2.76. The van der Waals surface area contributed by atoms with E-state index in [2.05, 4.69) is 0 Å². The lowest BCUT2D eigenvalue weighted by Crippen LogP contribution is -2.39. The van der Waals surface area contributed by atoms with Crippen LogP contribution >= 0.6 is 0 Å². The first-order valence-corrected chi connectivity index (χ1v) is 14.7. The first kappa shape index (κ1) is 26.6. The van der Waals surface area contributed by atoms with Crippen molar-refractivity contribution in [3.63, 3.8) is 0 Å². The van der Waals surface area contributed by atoms with Crippen LogP contribution in [-0.4, -0.2) is 65.4 Å². The maximum atomic E-state index is 12.9.